The fourth-order valence-electron chi connectivity index (χ4n) is 1.94. The van der Waals surface area contributed by atoms with Crippen molar-refractivity contribution in [2.75, 3.05) is 0 Å². The Bertz CT molecular complexity index is 626. The van der Waals surface area contributed by atoms with Crippen molar-refractivity contribution in [3.8, 4) is 0 Å². The van der Waals surface area contributed by atoms with E-state index in [0.29, 0.717) is 15.6 Å². The van der Waals surface area contributed by atoms with Crippen LogP contribution in [0, 0.1) is 25.5 Å². The average molecular weight is 327 g/mol. The van der Waals surface area contributed by atoms with Crippen LogP contribution in [0.25, 0.3) is 0 Å². The van der Waals surface area contributed by atoms with Crippen molar-refractivity contribution in [2.45, 2.75) is 20.0 Å². The summed E-state index contributed by atoms with van der Waals surface area (Å²) >= 11 is 3.31. The van der Waals surface area contributed by atoms with Crippen LogP contribution < -0.4 is 0 Å². The van der Waals surface area contributed by atoms with Gasteiger partial charge in [-0.15, -0.1) is 0 Å². The second-order valence-corrected chi connectivity index (χ2v) is 5.37. The summed E-state index contributed by atoms with van der Waals surface area (Å²) in [6.45, 7) is 3.43. The summed E-state index contributed by atoms with van der Waals surface area (Å²) in [4.78, 5) is 0. The quantitative estimate of drug-likeness (QED) is 0.865. The minimum Gasteiger partial charge on any atom is -0.383 e. The van der Waals surface area contributed by atoms with Crippen molar-refractivity contribution >= 4 is 15.9 Å². The smallest absolute Gasteiger partial charge is 0.135 e. The molecule has 2 rings (SSSR count). The lowest BCUT2D eigenvalue weighted by Crippen LogP contribution is -2.08. The summed E-state index contributed by atoms with van der Waals surface area (Å²) in [5.41, 5.74) is 1.42. The van der Waals surface area contributed by atoms with Gasteiger partial charge in [0.05, 0.1) is 5.56 Å². The zero-order valence-corrected chi connectivity index (χ0v) is 12.1. The van der Waals surface area contributed by atoms with Crippen LogP contribution in [0.5, 0.6) is 0 Å². The second-order valence-electron chi connectivity index (χ2n) is 4.52. The van der Waals surface area contributed by atoms with E-state index in [2.05, 4.69) is 15.9 Å². The summed E-state index contributed by atoms with van der Waals surface area (Å²) in [5.74, 6) is -1.46. The first-order valence-electron chi connectivity index (χ1n) is 5.80. The predicted molar refractivity (Wildman–Crippen MR) is 74.0 cm³/mol. The van der Waals surface area contributed by atoms with Crippen molar-refractivity contribution in [1.82, 2.24) is 0 Å². The van der Waals surface area contributed by atoms with Crippen LogP contribution in [0.1, 0.15) is 28.4 Å². The van der Waals surface area contributed by atoms with Gasteiger partial charge in [-0.3, -0.25) is 0 Å². The van der Waals surface area contributed by atoms with E-state index in [1.807, 2.05) is 6.92 Å². The lowest BCUT2D eigenvalue weighted by atomic mass is 9.98. The topological polar surface area (TPSA) is 20.2 Å². The van der Waals surface area contributed by atoms with Gasteiger partial charge in [0.15, 0.2) is 0 Å². The lowest BCUT2D eigenvalue weighted by molar-refractivity contribution is 0.208. The molecule has 0 aliphatic heterocycles. The molecule has 4 heteroatoms. The van der Waals surface area contributed by atoms with Crippen LogP contribution in [0.4, 0.5) is 8.78 Å². The van der Waals surface area contributed by atoms with Gasteiger partial charge in [-0.2, -0.15) is 0 Å². The Kier molecular flexibility index (Phi) is 4.02. The molecule has 1 N–H and O–H groups in total. The highest BCUT2D eigenvalue weighted by Gasteiger charge is 2.22. The van der Waals surface area contributed by atoms with Crippen LogP contribution in [0.2, 0.25) is 0 Å². The first-order valence-corrected chi connectivity index (χ1v) is 6.59. The van der Waals surface area contributed by atoms with Crippen LogP contribution in [0.15, 0.2) is 34.8 Å². The molecule has 0 amide bonds. The zero-order chi connectivity index (χ0) is 14.2. The molecule has 100 valence electrons. The Labute approximate surface area is 119 Å². The number of hydrogen-bond acceptors (Lipinski definition) is 1. The lowest BCUT2D eigenvalue weighted by Gasteiger charge is -2.16. The first-order chi connectivity index (χ1) is 8.91. The number of aryl methyl sites for hydroxylation is 2. The molecule has 0 aliphatic rings. The number of aliphatic hydroxyl groups excluding tert-OH is 1. The highest BCUT2D eigenvalue weighted by atomic mass is 79.9. The number of aliphatic hydroxyl groups is 1. The average Bonchev–Trinajstić information content (AvgIpc) is 2.34. The van der Waals surface area contributed by atoms with Crippen LogP contribution >= 0.6 is 15.9 Å². The second kappa shape index (κ2) is 5.39. The summed E-state index contributed by atoms with van der Waals surface area (Å²) in [6, 6.07) is 7.76. The largest absolute Gasteiger partial charge is 0.383 e. The van der Waals surface area contributed by atoms with E-state index < -0.39 is 17.7 Å². The standard InChI is InChI=1S/C15H13BrF2O/c1-8-3-5-10(11(16)7-8)15(19)13-12(17)6-4-9(2)14(13)18/h3-7,15,19H,1-2H3. The monoisotopic (exact) mass is 326 g/mol. The maximum atomic E-state index is 14.0. The summed E-state index contributed by atoms with van der Waals surface area (Å²) in [7, 11) is 0. The Morgan fingerprint density at radius 3 is 2.42 bits per heavy atom. The van der Waals surface area contributed by atoms with E-state index >= 15 is 0 Å². The molecule has 0 bridgehead atoms. The summed E-state index contributed by atoms with van der Waals surface area (Å²) in [6.07, 6.45) is -1.34. The van der Waals surface area contributed by atoms with E-state index in [0.717, 1.165) is 5.56 Å². The van der Waals surface area contributed by atoms with Crippen molar-refractivity contribution in [3.63, 3.8) is 0 Å². The van der Waals surface area contributed by atoms with E-state index in [1.54, 1.807) is 18.2 Å². The predicted octanol–water partition coefficient (Wildman–Crippen LogP) is 4.43. The third-order valence-electron chi connectivity index (χ3n) is 3.04. The maximum Gasteiger partial charge on any atom is 0.135 e. The van der Waals surface area contributed by atoms with Crippen LogP contribution in [0.3, 0.4) is 0 Å². The van der Waals surface area contributed by atoms with Crippen LogP contribution in [-0.2, 0) is 0 Å². The normalized spacial score (nSPS) is 12.5. The van der Waals surface area contributed by atoms with E-state index in [-0.39, 0.29) is 5.56 Å². The summed E-state index contributed by atoms with van der Waals surface area (Å²) < 4.78 is 28.4. The molecule has 0 saturated carbocycles. The van der Waals surface area contributed by atoms with Gasteiger partial charge in [0.2, 0.25) is 0 Å². The molecule has 0 saturated heterocycles. The molecule has 0 radical (unpaired) electrons. The molecule has 1 atom stereocenters. The number of hydrogen-bond donors (Lipinski definition) is 1. The Balaban J connectivity index is 2.56. The van der Waals surface area contributed by atoms with E-state index in [9.17, 15) is 13.9 Å². The van der Waals surface area contributed by atoms with Crippen molar-refractivity contribution in [1.29, 1.82) is 0 Å². The summed E-state index contributed by atoms with van der Waals surface area (Å²) in [5, 5.41) is 10.2. The van der Waals surface area contributed by atoms with Crippen molar-refractivity contribution < 1.29 is 13.9 Å². The third kappa shape index (κ3) is 2.69. The minimum atomic E-state index is -1.34. The van der Waals surface area contributed by atoms with E-state index in [1.165, 1.54) is 19.1 Å². The molecule has 1 nitrogen and oxygen atoms in total. The molecular formula is C15H13BrF2O. The molecular weight excluding hydrogens is 314 g/mol. The highest BCUT2D eigenvalue weighted by Crippen LogP contribution is 2.32. The van der Waals surface area contributed by atoms with Gasteiger partial charge in [-0.1, -0.05) is 34.1 Å². The molecule has 2 aromatic carbocycles. The molecule has 0 aliphatic carbocycles. The number of benzene rings is 2. The molecule has 2 aromatic rings. The highest BCUT2D eigenvalue weighted by molar-refractivity contribution is 9.10. The fourth-order valence-corrected chi connectivity index (χ4v) is 2.65. The number of rotatable bonds is 2. The molecule has 0 aromatic heterocycles. The SMILES string of the molecule is Cc1ccc(C(O)c2c(F)ccc(C)c2F)c(Br)c1. The van der Waals surface area contributed by atoms with Gasteiger partial charge in [-0.05, 0) is 42.7 Å². The third-order valence-corrected chi connectivity index (χ3v) is 3.73. The van der Waals surface area contributed by atoms with Crippen molar-refractivity contribution in [2.24, 2.45) is 0 Å². The minimum absolute atomic E-state index is 0.304. The van der Waals surface area contributed by atoms with Crippen LogP contribution in [-0.4, -0.2) is 5.11 Å². The Morgan fingerprint density at radius 2 is 1.79 bits per heavy atom. The molecule has 0 spiro atoms. The van der Waals surface area contributed by atoms with Gasteiger partial charge in [-0.25, -0.2) is 8.78 Å². The van der Waals surface area contributed by atoms with E-state index in [4.69, 9.17) is 0 Å². The zero-order valence-electron chi connectivity index (χ0n) is 10.5. The van der Waals surface area contributed by atoms with Gasteiger partial charge < -0.3 is 5.11 Å². The molecule has 0 fully saturated rings. The molecule has 1 unspecified atom stereocenters. The van der Waals surface area contributed by atoms with Crippen molar-refractivity contribution in [3.05, 3.63) is 68.7 Å². The number of halogens is 3. The fraction of sp³-hybridized carbons (Fsp3) is 0.200. The van der Waals surface area contributed by atoms with Gasteiger partial charge in [0.25, 0.3) is 0 Å². The van der Waals surface area contributed by atoms with Gasteiger partial charge >= 0.3 is 0 Å². The van der Waals surface area contributed by atoms with Gasteiger partial charge in [0.1, 0.15) is 17.7 Å². The molecule has 19 heavy (non-hydrogen) atoms. The molecule has 0 heterocycles. The first kappa shape index (κ1) is 14.2. The van der Waals surface area contributed by atoms with Gasteiger partial charge in [0, 0.05) is 4.47 Å². The maximum absolute atomic E-state index is 14.0. The Morgan fingerprint density at radius 1 is 1.11 bits per heavy atom. The Hall–Kier alpha value is -1.26.